The first-order chi connectivity index (χ1) is 7.77. The number of hydrogen-bond acceptors (Lipinski definition) is 3. The Morgan fingerprint density at radius 3 is 2.75 bits per heavy atom. The molecule has 0 aliphatic carbocycles. The molecule has 0 N–H and O–H groups in total. The summed E-state index contributed by atoms with van der Waals surface area (Å²) in [5, 5.41) is 11.1. The molecule has 0 bridgehead atoms. The van der Waals surface area contributed by atoms with Crippen molar-refractivity contribution in [1.29, 1.82) is 0 Å². The predicted molar refractivity (Wildman–Crippen MR) is 59.0 cm³/mol. The molecule has 0 unspecified atom stereocenters. The van der Waals surface area contributed by atoms with Crippen LogP contribution in [-0.2, 0) is 0 Å². The molecular formula is C11H6F2N2S. The molecule has 2 nitrogen and oxygen atoms in total. The minimum atomic E-state index is -2.57. The fourth-order valence-corrected chi connectivity index (χ4v) is 2.65. The third-order valence-electron chi connectivity index (χ3n) is 2.43. The van der Waals surface area contributed by atoms with Crippen LogP contribution in [0.15, 0.2) is 29.6 Å². The van der Waals surface area contributed by atoms with Crippen molar-refractivity contribution in [3.8, 4) is 10.6 Å². The fourth-order valence-electron chi connectivity index (χ4n) is 1.69. The molecule has 0 amide bonds. The number of benzene rings is 1. The van der Waals surface area contributed by atoms with Gasteiger partial charge in [0.15, 0.2) is 0 Å². The number of alkyl halides is 2. The third kappa shape index (κ3) is 1.28. The molecule has 2 heterocycles. The van der Waals surface area contributed by atoms with Crippen molar-refractivity contribution in [2.45, 2.75) is 6.43 Å². The lowest BCUT2D eigenvalue weighted by Crippen LogP contribution is -1.85. The highest BCUT2D eigenvalue weighted by Gasteiger charge is 2.23. The van der Waals surface area contributed by atoms with Gasteiger partial charge in [0.05, 0.1) is 4.88 Å². The second-order valence-corrected chi connectivity index (χ2v) is 4.27. The van der Waals surface area contributed by atoms with Gasteiger partial charge in [0.1, 0.15) is 11.4 Å². The maximum absolute atomic E-state index is 12.6. The quantitative estimate of drug-likeness (QED) is 0.643. The van der Waals surface area contributed by atoms with Gasteiger partial charge in [-0.15, -0.1) is 21.5 Å². The Bertz CT molecular complexity index is 621. The summed E-state index contributed by atoms with van der Waals surface area (Å²) in [5.41, 5.74) is 0.351. The Hall–Kier alpha value is -1.62. The molecule has 3 rings (SSSR count). The van der Waals surface area contributed by atoms with Crippen LogP contribution in [0.4, 0.5) is 8.78 Å². The highest BCUT2D eigenvalue weighted by molar-refractivity contribution is 7.14. The molecule has 0 radical (unpaired) electrons. The normalized spacial score (nSPS) is 11.7. The van der Waals surface area contributed by atoms with Crippen molar-refractivity contribution in [2.75, 3.05) is 0 Å². The highest BCUT2D eigenvalue weighted by Crippen LogP contribution is 2.38. The van der Waals surface area contributed by atoms with Gasteiger partial charge < -0.3 is 0 Å². The van der Waals surface area contributed by atoms with E-state index in [0.29, 0.717) is 10.6 Å². The first-order valence-corrected chi connectivity index (χ1v) is 5.56. The lowest BCUT2D eigenvalue weighted by atomic mass is 10.1. The standard InChI is InChI=1S/C11H6F2N2S/c12-11(13)9-10-8(14-15-9)7-4-2-1-3-6(7)5-16-10/h1-5,11H. The topological polar surface area (TPSA) is 25.8 Å². The van der Waals surface area contributed by atoms with Crippen molar-refractivity contribution in [2.24, 2.45) is 0 Å². The second-order valence-electron chi connectivity index (χ2n) is 3.39. The van der Waals surface area contributed by atoms with E-state index in [4.69, 9.17) is 0 Å². The maximum atomic E-state index is 12.6. The van der Waals surface area contributed by atoms with E-state index in [1.807, 2.05) is 29.6 Å². The summed E-state index contributed by atoms with van der Waals surface area (Å²) in [4.78, 5) is 0.480. The predicted octanol–water partition coefficient (Wildman–Crippen LogP) is 3.73. The molecule has 0 spiro atoms. The summed E-state index contributed by atoms with van der Waals surface area (Å²) in [6.07, 6.45) is -2.57. The summed E-state index contributed by atoms with van der Waals surface area (Å²) in [6, 6.07) is 7.57. The van der Waals surface area contributed by atoms with Crippen LogP contribution in [0.2, 0.25) is 0 Å². The van der Waals surface area contributed by atoms with Crippen LogP contribution in [0.3, 0.4) is 0 Å². The summed E-state index contributed by atoms with van der Waals surface area (Å²) in [6.45, 7) is 0. The molecule has 16 heavy (non-hydrogen) atoms. The Kier molecular flexibility index (Phi) is 2.07. The summed E-state index contributed by atoms with van der Waals surface area (Å²) in [5.74, 6) is 0. The molecule has 0 saturated heterocycles. The summed E-state index contributed by atoms with van der Waals surface area (Å²) < 4.78 is 25.3. The van der Waals surface area contributed by atoms with Crippen molar-refractivity contribution in [3.05, 3.63) is 35.3 Å². The average molecular weight is 236 g/mol. The third-order valence-corrected chi connectivity index (χ3v) is 3.44. The van der Waals surface area contributed by atoms with E-state index >= 15 is 0 Å². The van der Waals surface area contributed by atoms with Gasteiger partial charge in [0.25, 0.3) is 6.43 Å². The van der Waals surface area contributed by atoms with E-state index in [-0.39, 0.29) is 5.69 Å². The maximum Gasteiger partial charge on any atom is 0.283 e. The van der Waals surface area contributed by atoms with E-state index < -0.39 is 6.43 Å². The zero-order valence-corrected chi connectivity index (χ0v) is 8.84. The average Bonchev–Trinajstić information content (AvgIpc) is 2.73. The Morgan fingerprint density at radius 2 is 1.94 bits per heavy atom. The Morgan fingerprint density at radius 1 is 1.12 bits per heavy atom. The fraction of sp³-hybridized carbons (Fsp3) is 0.0909. The minimum absolute atomic E-state index is 0.217. The largest absolute Gasteiger partial charge is 0.283 e. The number of halogens is 2. The lowest BCUT2D eigenvalue weighted by Gasteiger charge is -2.02. The molecule has 80 valence electrons. The summed E-state index contributed by atoms with van der Waals surface area (Å²) >= 11 is 1.26. The minimum Gasteiger partial charge on any atom is -0.203 e. The zero-order valence-electron chi connectivity index (χ0n) is 8.02. The number of nitrogens with zero attached hydrogens (tertiary/aromatic N) is 2. The van der Waals surface area contributed by atoms with E-state index in [2.05, 4.69) is 10.2 Å². The van der Waals surface area contributed by atoms with E-state index in [0.717, 1.165) is 10.8 Å². The molecule has 0 saturated carbocycles. The van der Waals surface area contributed by atoms with Crippen LogP contribution in [0.1, 0.15) is 12.1 Å². The highest BCUT2D eigenvalue weighted by atomic mass is 32.1. The van der Waals surface area contributed by atoms with Gasteiger partial charge >= 0.3 is 0 Å². The van der Waals surface area contributed by atoms with Crippen molar-refractivity contribution in [3.63, 3.8) is 0 Å². The van der Waals surface area contributed by atoms with Crippen molar-refractivity contribution in [1.82, 2.24) is 10.2 Å². The molecule has 2 aliphatic heterocycles. The molecule has 0 fully saturated rings. The van der Waals surface area contributed by atoms with Crippen LogP contribution >= 0.6 is 11.3 Å². The zero-order chi connectivity index (χ0) is 11.1. The van der Waals surface area contributed by atoms with Gasteiger partial charge in [0, 0.05) is 5.39 Å². The second kappa shape index (κ2) is 3.45. The first-order valence-electron chi connectivity index (χ1n) is 4.68. The number of fused-ring (bicyclic) bond motifs is 3. The summed E-state index contributed by atoms with van der Waals surface area (Å²) in [7, 11) is 0. The van der Waals surface area contributed by atoms with Gasteiger partial charge in [-0.05, 0) is 10.8 Å². The monoisotopic (exact) mass is 236 g/mol. The van der Waals surface area contributed by atoms with E-state index in [1.165, 1.54) is 11.3 Å². The van der Waals surface area contributed by atoms with Crippen LogP contribution in [-0.4, -0.2) is 10.2 Å². The smallest absolute Gasteiger partial charge is 0.203 e. The number of rotatable bonds is 1. The van der Waals surface area contributed by atoms with Gasteiger partial charge in [0.2, 0.25) is 0 Å². The van der Waals surface area contributed by atoms with Gasteiger partial charge in [-0.1, -0.05) is 24.3 Å². The molecule has 1 aromatic carbocycles. The van der Waals surface area contributed by atoms with Crippen molar-refractivity contribution < 1.29 is 8.78 Å². The molecule has 2 aliphatic rings. The lowest BCUT2D eigenvalue weighted by molar-refractivity contribution is 0.147. The SMILES string of the molecule is FC(F)c1nnc2c3ccccc3csc1-2. The van der Waals surface area contributed by atoms with Crippen LogP contribution in [0.5, 0.6) is 0 Å². The van der Waals surface area contributed by atoms with Crippen LogP contribution in [0.25, 0.3) is 21.3 Å². The number of hydrogen-bond donors (Lipinski definition) is 0. The Balaban J connectivity index is 2.37. The molecule has 0 atom stereocenters. The van der Waals surface area contributed by atoms with Gasteiger partial charge in [-0.2, -0.15) is 0 Å². The molecule has 5 heteroatoms. The van der Waals surface area contributed by atoms with Gasteiger partial charge in [-0.3, -0.25) is 0 Å². The Labute approximate surface area is 93.9 Å². The molecule has 1 aromatic rings. The van der Waals surface area contributed by atoms with E-state index in [1.54, 1.807) is 0 Å². The first kappa shape index (κ1) is 9.59. The van der Waals surface area contributed by atoms with Gasteiger partial charge in [-0.25, -0.2) is 8.78 Å². The number of aromatic nitrogens is 2. The molecular weight excluding hydrogens is 230 g/mol. The van der Waals surface area contributed by atoms with Crippen LogP contribution < -0.4 is 0 Å². The van der Waals surface area contributed by atoms with E-state index in [9.17, 15) is 8.78 Å². The van der Waals surface area contributed by atoms with Crippen LogP contribution in [0, 0.1) is 0 Å². The molecule has 0 aromatic heterocycles. The van der Waals surface area contributed by atoms with Crippen molar-refractivity contribution >= 4 is 22.1 Å².